The van der Waals surface area contributed by atoms with Crippen molar-refractivity contribution in [2.24, 2.45) is 11.8 Å². The maximum absolute atomic E-state index is 13.4. The molecule has 1 amide bonds. The van der Waals surface area contributed by atoms with Crippen LogP contribution in [0, 0.1) is 11.8 Å². The molecule has 1 saturated carbocycles. The number of amides is 1. The molecular formula is C24H30N2O6S. The Morgan fingerprint density at radius 3 is 2.33 bits per heavy atom. The molecule has 9 heteroatoms. The van der Waals surface area contributed by atoms with E-state index in [0.717, 1.165) is 18.4 Å². The van der Waals surface area contributed by atoms with Crippen molar-refractivity contribution in [1.29, 1.82) is 0 Å². The van der Waals surface area contributed by atoms with E-state index in [9.17, 15) is 13.2 Å². The van der Waals surface area contributed by atoms with Gasteiger partial charge in [0.2, 0.25) is 15.9 Å². The van der Waals surface area contributed by atoms with Gasteiger partial charge in [-0.2, -0.15) is 4.31 Å². The number of ether oxygens (including phenoxy) is 3. The second-order valence-corrected chi connectivity index (χ2v) is 10.4. The van der Waals surface area contributed by atoms with Crippen LogP contribution in [0.4, 0.5) is 0 Å². The number of para-hydroxylation sites is 1. The van der Waals surface area contributed by atoms with Crippen LogP contribution in [0.3, 0.4) is 0 Å². The highest BCUT2D eigenvalue weighted by molar-refractivity contribution is 7.89. The fourth-order valence-corrected chi connectivity index (χ4v) is 5.84. The minimum Gasteiger partial charge on any atom is -0.497 e. The van der Waals surface area contributed by atoms with Gasteiger partial charge < -0.3 is 19.5 Å². The third kappa shape index (κ3) is 4.79. The second-order valence-electron chi connectivity index (χ2n) is 8.48. The number of nitrogens with one attached hydrogen (secondary N) is 1. The Kier molecular flexibility index (Phi) is 6.81. The van der Waals surface area contributed by atoms with E-state index >= 15 is 0 Å². The molecular weight excluding hydrogens is 444 g/mol. The van der Waals surface area contributed by atoms with Gasteiger partial charge in [0.05, 0.1) is 32.1 Å². The molecule has 2 atom stereocenters. The second kappa shape index (κ2) is 9.61. The van der Waals surface area contributed by atoms with Gasteiger partial charge in [-0.1, -0.05) is 12.1 Å². The number of hydrogen-bond acceptors (Lipinski definition) is 6. The highest BCUT2D eigenvalue weighted by Crippen LogP contribution is 2.43. The van der Waals surface area contributed by atoms with Crippen molar-refractivity contribution in [1.82, 2.24) is 9.62 Å². The first-order valence-corrected chi connectivity index (χ1v) is 12.5. The molecule has 1 aliphatic heterocycles. The van der Waals surface area contributed by atoms with E-state index in [1.807, 2.05) is 12.1 Å². The predicted octanol–water partition coefficient (Wildman–Crippen LogP) is 2.64. The molecule has 1 saturated heterocycles. The van der Waals surface area contributed by atoms with Crippen molar-refractivity contribution in [3.8, 4) is 17.2 Å². The van der Waals surface area contributed by atoms with Crippen LogP contribution in [0.2, 0.25) is 0 Å². The lowest BCUT2D eigenvalue weighted by Crippen LogP contribution is -2.36. The number of carbonyl (C=O) groups is 1. The molecule has 2 aromatic rings. The number of methoxy groups -OCH3 is 3. The quantitative estimate of drug-likeness (QED) is 0.601. The largest absolute Gasteiger partial charge is 0.497 e. The van der Waals surface area contributed by atoms with Crippen LogP contribution >= 0.6 is 0 Å². The number of carbonyl (C=O) groups excluding carboxylic acids is 1. The summed E-state index contributed by atoms with van der Waals surface area (Å²) in [5.74, 6) is 1.12. The van der Waals surface area contributed by atoms with E-state index in [1.165, 1.54) is 23.5 Å². The van der Waals surface area contributed by atoms with Crippen LogP contribution in [-0.2, 0) is 14.8 Å². The highest BCUT2D eigenvalue weighted by atomic mass is 32.2. The first-order valence-electron chi connectivity index (χ1n) is 11.0. The van der Waals surface area contributed by atoms with E-state index in [-0.39, 0.29) is 29.8 Å². The van der Waals surface area contributed by atoms with Gasteiger partial charge >= 0.3 is 0 Å². The highest BCUT2D eigenvalue weighted by Gasteiger charge is 2.45. The Balaban J connectivity index is 1.67. The van der Waals surface area contributed by atoms with Gasteiger partial charge in [0, 0.05) is 31.1 Å². The topological polar surface area (TPSA) is 94.2 Å². The summed E-state index contributed by atoms with van der Waals surface area (Å²) in [7, 11) is 0.827. The average Bonchev–Trinajstić information content (AvgIpc) is 3.56. The van der Waals surface area contributed by atoms with Crippen molar-refractivity contribution in [3.63, 3.8) is 0 Å². The molecule has 1 aliphatic carbocycles. The Bertz CT molecular complexity index is 1100. The Morgan fingerprint density at radius 1 is 1.00 bits per heavy atom. The van der Waals surface area contributed by atoms with E-state index in [1.54, 1.807) is 32.4 Å². The number of benzene rings is 2. The Morgan fingerprint density at radius 2 is 1.73 bits per heavy atom. The number of sulfonamides is 1. The summed E-state index contributed by atoms with van der Waals surface area (Å²) in [6.45, 7) is 0.887. The Labute approximate surface area is 194 Å². The molecule has 2 fully saturated rings. The van der Waals surface area contributed by atoms with Gasteiger partial charge in [-0.05, 0) is 49.1 Å². The minimum atomic E-state index is -3.80. The van der Waals surface area contributed by atoms with E-state index in [0.29, 0.717) is 29.7 Å². The van der Waals surface area contributed by atoms with Crippen LogP contribution in [0.5, 0.6) is 17.2 Å². The van der Waals surface area contributed by atoms with E-state index in [4.69, 9.17) is 14.2 Å². The van der Waals surface area contributed by atoms with Crippen molar-refractivity contribution in [2.45, 2.75) is 23.7 Å². The predicted molar refractivity (Wildman–Crippen MR) is 123 cm³/mol. The normalized spacial score (nSPS) is 20.9. The molecule has 1 heterocycles. The summed E-state index contributed by atoms with van der Waals surface area (Å²) in [6.07, 6.45) is 2.24. The lowest BCUT2D eigenvalue weighted by atomic mass is 9.87. The van der Waals surface area contributed by atoms with Crippen LogP contribution in [-0.4, -0.2) is 59.6 Å². The zero-order chi connectivity index (χ0) is 23.6. The number of nitrogens with zero attached hydrogens (tertiary/aromatic N) is 1. The maximum Gasteiger partial charge on any atom is 0.243 e. The van der Waals surface area contributed by atoms with Gasteiger partial charge in [0.25, 0.3) is 0 Å². The summed E-state index contributed by atoms with van der Waals surface area (Å²) in [5.41, 5.74) is 0.760. The molecule has 2 unspecified atom stereocenters. The van der Waals surface area contributed by atoms with Gasteiger partial charge in [-0.25, -0.2) is 8.42 Å². The summed E-state index contributed by atoms with van der Waals surface area (Å²) in [6, 6.07) is 11.8. The number of rotatable bonds is 9. The Hall–Kier alpha value is -2.78. The molecule has 2 aliphatic rings. The monoisotopic (exact) mass is 474 g/mol. The van der Waals surface area contributed by atoms with E-state index < -0.39 is 15.9 Å². The molecule has 4 rings (SSSR count). The standard InChI is InChI=1S/C24H30N2O6S/c1-30-17-9-11-18(12-10-17)33(28,29)26-14-20(19-5-4-6-22(31-2)23(19)32-3)21(15-26)24(27)25-13-16-7-8-16/h4-6,9-12,16,20-21H,7-8,13-15H2,1-3H3,(H,25,27). The van der Waals surface area contributed by atoms with Crippen molar-refractivity contribution < 1.29 is 27.4 Å². The van der Waals surface area contributed by atoms with Crippen molar-refractivity contribution in [3.05, 3.63) is 48.0 Å². The molecule has 33 heavy (non-hydrogen) atoms. The van der Waals surface area contributed by atoms with Gasteiger partial charge in [0.1, 0.15) is 5.75 Å². The first-order chi connectivity index (χ1) is 15.9. The molecule has 2 aromatic carbocycles. The maximum atomic E-state index is 13.4. The summed E-state index contributed by atoms with van der Waals surface area (Å²) in [5, 5.41) is 3.03. The summed E-state index contributed by atoms with van der Waals surface area (Å²) in [4.78, 5) is 13.4. The van der Waals surface area contributed by atoms with Crippen LogP contribution in [0.25, 0.3) is 0 Å². The van der Waals surface area contributed by atoms with Crippen LogP contribution in [0.15, 0.2) is 47.4 Å². The third-order valence-electron chi connectivity index (χ3n) is 6.42. The molecule has 0 radical (unpaired) electrons. The fraction of sp³-hybridized carbons (Fsp3) is 0.458. The number of hydrogen-bond donors (Lipinski definition) is 1. The molecule has 0 aromatic heterocycles. The van der Waals surface area contributed by atoms with Crippen molar-refractivity contribution >= 4 is 15.9 Å². The van der Waals surface area contributed by atoms with Crippen molar-refractivity contribution in [2.75, 3.05) is 41.0 Å². The minimum absolute atomic E-state index is 0.0931. The smallest absolute Gasteiger partial charge is 0.243 e. The molecule has 0 bridgehead atoms. The summed E-state index contributed by atoms with van der Waals surface area (Å²) >= 11 is 0. The summed E-state index contributed by atoms with van der Waals surface area (Å²) < 4.78 is 44.4. The molecule has 0 spiro atoms. The van der Waals surface area contributed by atoms with Gasteiger partial charge in [-0.3, -0.25) is 4.79 Å². The average molecular weight is 475 g/mol. The first kappa shape index (κ1) is 23.4. The molecule has 1 N–H and O–H groups in total. The van der Waals surface area contributed by atoms with E-state index in [2.05, 4.69) is 5.32 Å². The van der Waals surface area contributed by atoms with Crippen LogP contribution < -0.4 is 19.5 Å². The zero-order valence-electron chi connectivity index (χ0n) is 19.1. The SMILES string of the molecule is COc1ccc(S(=O)(=O)N2CC(C(=O)NCC3CC3)C(c3cccc(OC)c3OC)C2)cc1. The molecule has 8 nitrogen and oxygen atoms in total. The lowest BCUT2D eigenvalue weighted by Gasteiger charge is -2.21. The lowest BCUT2D eigenvalue weighted by molar-refractivity contribution is -0.124. The zero-order valence-corrected chi connectivity index (χ0v) is 19.9. The van der Waals surface area contributed by atoms with Crippen LogP contribution in [0.1, 0.15) is 24.3 Å². The fourth-order valence-electron chi connectivity index (χ4n) is 4.34. The van der Waals surface area contributed by atoms with Gasteiger partial charge in [0.15, 0.2) is 11.5 Å². The van der Waals surface area contributed by atoms with Gasteiger partial charge in [-0.15, -0.1) is 0 Å². The molecule has 178 valence electrons. The third-order valence-corrected chi connectivity index (χ3v) is 8.26.